The van der Waals surface area contributed by atoms with Gasteiger partial charge in [0.1, 0.15) is 29.3 Å². The molecule has 3 heterocycles. The van der Waals surface area contributed by atoms with E-state index in [1.807, 2.05) is 30.3 Å². The summed E-state index contributed by atoms with van der Waals surface area (Å²) >= 11 is 0. The van der Waals surface area contributed by atoms with E-state index in [4.69, 9.17) is 9.47 Å². The number of rotatable bonds is 5. The van der Waals surface area contributed by atoms with E-state index in [0.29, 0.717) is 42.6 Å². The minimum atomic E-state index is -0.728. The first-order valence-electron chi connectivity index (χ1n) is 9.14. The molecule has 2 aromatic carbocycles. The number of fused-ring (bicyclic) bond motifs is 1. The molecule has 29 heavy (non-hydrogen) atoms. The van der Waals surface area contributed by atoms with E-state index in [1.54, 1.807) is 0 Å². The van der Waals surface area contributed by atoms with Crippen LogP contribution in [0.2, 0.25) is 0 Å². The predicted molar refractivity (Wildman–Crippen MR) is 101 cm³/mol. The van der Waals surface area contributed by atoms with Gasteiger partial charge in [0, 0.05) is 6.07 Å². The lowest BCUT2D eigenvalue weighted by atomic mass is 10.1. The largest absolute Gasteiger partial charge is 0.472 e. The molecular formula is C21H16F2N4O2. The number of ether oxygens (including phenoxy) is 2. The summed E-state index contributed by atoms with van der Waals surface area (Å²) in [5.74, 6) is -0.420. The molecule has 2 aromatic heterocycles. The van der Waals surface area contributed by atoms with E-state index >= 15 is 0 Å². The van der Waals surface area contributed by atoms with Gasteiger partial charge in [0.15, 0.2) is 11.5 Å². The van der Waals surface area contributed by atoms with Crippen molar-refractivity contribution in [3.63, 3.8) is 0 Å². The van der Waals surface area contributed by atoms with Gasteiger partial charge in [0.2, 0.25) is 5.88 Å². The smallest absolute Gasteiger partial charge is 0.228 e. The van der Waals surface area contributed by atoms with Crippen LogP contribution >= 0.6 is 0 Å². The minimum Gasteiger partial charge on any atom is -0.472 e. The van der Waals surface area contributed by atoms with Crippen LogP contribution in [-0.2, 0) is 11.3 Å². The summed E-state index contributed by atoms with van der Waals surface area (Å²) in [5.41, 5.74) is 1.49. The Labute approximate surface area is 164 Å². The van der Waals surface area contributed by atoms with Crippen molar-refractivity contribution in [1.82, 2.24) is 19.7 Å². The molecule has 8 heteroatoms. The van der Waals surface area contributed by atoms with Gasteiger partial charge in [-0.2, -0.15) is 10.1 Å². The first-order valence-corrected chi connectivity index (χ1v) is 9.14. The molecule has 1 fully saturated rings. The molecule has 146 valence electrons. The maximum atomic E-state index is 14.4. The predicted octanol–water partition coefficient (Wildman–Crippen LogP) is 3.79. The van der Waals surface area contributed by atoms with Gasteiger partial charge in [-0.1, -0.05) is 30.3 Å². The highest BCUT2D eigenvalue weighted by atomic mass is 19.1. The van der Waals surface area contributed by atoms with Crippen LogP contribution in [0.25, 0.3) is 16.7 Å². The zero-order chi connectivity index (χ0) is 19.8. The third-order valence-electron chi connectivity index (χ3n) is 4.77. The van der Waals surface area contributed by atoms with E-state index in [-0.39, 0.29) is 11.6 Å². The van der Waals surface area contributed by atoms with Crippen molar-refractivity contribution in [2.24, 2.45) is 0 Å². The van der Waals surface area contributed by atoms with E-state index in [9.17, 15) is 8.78 Å². The SMILES string of the molecule is Fc1ccc(-n2ncc3c(OCc4ccccc4)nc(C4COC4)nc32)c(F)c1. The normalized spacial score (nSPS) is 14.1. The molecule has 4 aromatic rings. The van der Waals surface area contributed by atoms with Gasteiger partial charge in [0.25, 0.3) is 0 Å². The number of hydrogen-bond donors (Lipinski definition) is 0. The lowest BCUT2D eigenvalue weighted by Crippen LogP contribution is -2.27. The second-order valence-electron chi connectivity index (χ2n) is 6.79. The molecule has 0 amide bonds. The Morgan fingerprint density at radius 1 is 1.07 bits per heavy atom. The first-order chi connectivity index (χ1) is 14.2. The van der Waals surface area contributed by atoms with E-state index in [0.717, 1.165) is 11.6 Å². The topological polar surface area (TPSA) is 62.1 Å². The Bertz CT molecular complexity index is 1180. The highest BCUT2D eigenvalue weighted by molar-refractivity contribution is 5.81. The van der Waals surface area contributed by atoms with Crippen LogP contribution in [0.15, 0.2) is 54.7 Å². The summed E-state index contributed by atoms with van der Waals surface area (Å²) in [6.45, 7) is 1.36. The maximum Gasteiger partial charge on any atom is 0.228 e. The highest BCUT2D eigenvalue weighted by Crippen LogP contribution is 2.30. The van der Waals surface area contributed by atoms with Crippen molar-refractivity contribution in [1.29, 1.82) is 0 Å². The number of halogens is 2. The summed E-state index contributed by atoms with van der Waals surface area (Å²) < 4.78 is 40.2. The number of nitrogens with zero attached hydrogens (tertiary/aromatic N) is 4. The van der Waals surface area contributed by atoms with E-state index < -0.39 is 11.6 Å². The Morgan fingerprint density at radius 3 is 2.62 bits per heavy atom. The van der Waals surface area contributed by atoms with Crippen LogP contribution in [0.5, 0.6) is 5.88 Å². The molecule has 0 atom stereocenters. The fourth-order valence-electron chi connectivity index (χ4n) is 3.13. The van der Waals surface area contributed by atoms with Crippen molar-refractivity contribution >= 4 is 11.0 Å². The minimum absolute atomic E-state index is 0.0416. The summed E-state index contributed by atoms with van der Waals surface area (Å²) in [5, 5.41) is 4.81. The molecule has 0 spiro atoms. The molecule has 1 aliphatic heterocycles. The van der Waals surface area contributed by atoms with Gasteiger partial charge < -0.3 is 9.47 Å². The summed E-state index contributed by atoms with van der Waals surface area (Å²) in [7, 11) is 0. The van der Waals surface area contributed by atoms with Crippen LogP contribution < -0.4 is 4.74 Å². The van der Waals surface area contributed by atoms with Crippen molar-refractivity contribution < 1.29 is 18.3 Å². The van der Waals surface area contributed by atoms with Crippen LogP contribution in [0, 0.1) is 11.6 Å². The monoisotopic (exact) mass is 394 g/mol. The molecule has 0 N–H and O–H groups in total. The van der Waals surface area contributed by atoms with Gasteiger partial charge in [-0.25, -0.2) is 18.4 Å². The van der Waals surface area contributed by atoms with Crippen LogP contribution in [-0.4, -0.2) is 33.0 Å². The number of aromatic nitrogens is 4. The van der Waals surface area contributed by atoms with Crippen molar-refractivity contribution in [2.75, 3.05) is 13.2 Å². The Morgan fingerprint density at radius 2 is 1.90 bits per heavy atom. The third kappa shape index (κ3) is 3.31. The average Bonchev–Trinajstić information content (AvgIpc) is 3.09. The first kappa shape index (κ1) is 17.7. The summed E-state index contributed by atoms with van der Waals surface area (Å²) in [6, 6.07) is 13.0. The molecule has 0 aliphatic carbocycles. The van der Waals surface area contributed by atoms with Crippen molar-refractivity contribution in [3.05, 3.63) is 77.8 Å². The lowest BCUT2D eigenvalue weighted by Gasteiger charge is -2.24. The molecule has 1 aliphatic rings. The van der Waals surface area contributed by atoms with E-state index in [2.05, 4.69) is 15.1 Å². The Kier molecular flexibility index (Phi) is 4.40. The van der Waals surface area contributed by atoms with Crippen molar-refractivity contribution in [3.8, 4) is 11.6 Å². The fraction of sp³-hybridized carbons (Fsp3) is 0.190. The lowest BCUT2D eigenvalue weighted by molar-refractivity contribution is 0.00473. The van der Waals surface area contributed by atoms with Gasteiger partial charge >= 0.3 is 0 Å². The number of hydrogen-bond acceptors (Lipinski definition) is 5. The molecule has 0 bridgehead atoms. The van der Waals surface area contributed by atoms with Crippen molar-refractivity contribution in [2.45, 2.75) is 12.5 Å². The Balaban J connectivity index is 1.59. The summed E-state index contributed by atoms with van der Waals surface area (Å²) in [4.78, 5) is 9.14. The molecule has 0 unspecified atom stereocenters. The third-order valence-corrected chi connectivity index (χ3v) is 4.77. The number of benzene rings is 2. The average molecular weight is 394 g/mol. The van der Waals surface area contributed by atoms with Crippen LogP contribution in [0.3, 0.4) is 0 Å². The fourth-order valence-corrected chi connectivity index (χ4v) is 3.13. The Hall–Kier alpha value is -3.39. The highest BCUT2D eigenvalue weighted by Gasteiger charge is 2.27. The molecule has 0 radical (unpaired) electrons. The second kappa shape index (κ2) is 7.21. The molecule has 5 rings (SSSR count). The maximum absolute atomic E-state index is 14.4. The van der Waals surface area contributed by atoms with Gasteiger partial charge in [-0.3, -0.25) is 0 Å². The standard InChI is InChI=1S/C21H16F2N4O2/c22-15-6-7-18(17(23)8-15)27-20-16(9-24-27)21(26-19(25-20)14-11-28-12-14)29-10-13-4-2-1-3-5-13/h1-9,14H,10-12H2. The zero-order valence-electron chi connectivity index (χ0n) is 15.3. The van der Waals surface area contributed by atoms with Crippen LogP contribution in [0.1, 0.15) is 17.3 Å². The molecule has 6 nitrogen and oxygen atoms in total. The van der Waals surface area contributed by atoms with Gasteiger partial charge in [0.05, 0.1) is 25.3 Å². The molecule has 0 saturated carbocycles. The van der Waals surface area contributed by atoms with Gasteiger partial charge in [-0.05, 0) is 17.7 Å². The second-order valence-corrected chi connectivity index (χ2v) is 6.79. The van der Waals surface area contributed by atoms with Crippen LogP contribution in [0.4, 0.5) is 8.78 Å². The van der Waals surface area contributed by atoms with E-state index in [1.165, 1.54) is 23.0 Å². The quantitative estimate of drug-likeness (QED) is 0.515. The molecule has 1 saturated heterocycles. The van der Waals surface area contributed by atoms with Gasteiger partial charge in [-0.15, -0.1) is 0 Å². The summed E-state index contributed by atoms with van der Waals surface area (Å²) in [6.07, 6.45) is 1.53. The molecular weight excluding hydrogens is 378 g/mol. The zero-order valence-corrected chi connectivity index (χ0v) is 15.3.